The fraction of sp³-hybridized carbons (Fsp3) is 0.529. The van der Waals surface area contributed by atoms with Crippen molar-refractivity contribution in [2.45, 2.75) is 12.5 Å². The lowest BCUT2D eigenvalue weighted by atomic mass is 10.0. The van der Waals surface area contributed by atoms with Crippen molar-refractivity contribution in [3.8, 4) is 11.8 Å². The molecule has 128 valence electrons. The van der Waals surface area contributed by atoms with Crippen LogP contribution >= 0.6 is 0 Å². The van der Waals surface area contributed by atoms with Crippen LogP contribution in [-0.2, 0) is 4.74 Å². The highest BCUT2D eigenvalue weighted by Gasteiger charge is 2.41. The maximum absolute atomic E-state index is 14.2. The Bertz CT molecular complexity index is 668. The van der Waals surface area contributed by atoms with Gasteiger partial charge in [0, 0.05) is 31.7 Å². The van der Waals surface area contributed by atoms with Crippen LogP contribution in [0.3, 0.4) is 0 Å². The minimum Gasteiger partial charge on any atom is -0.496 e. The Morgan fingerprint density at radius 3 is 2.79 bits per heavy atom. The number of carbonyl (C=O) groups excluding carboxylic acids is 1. The Morgan fingerprint density at radius 1 is 1.38 bits per heavy atom. The maximum Gasteiger partial charge on any atom is 0.259 e. The van der Waals surface area contributed by atoms with Gasteiger partial charge in [0.2, 0.25) is 0 Å². The van der Waals surface area contributed by atoms with Crippen molar-refractivity contribution in [2.75, 3.05) is 46.5 Å². The lowest BCUT2D eigenvalue weighted by molar-refractivity contribution is 0.0355. The number of carbonyl (C=O) groups is 1. The molecule has 1 fully saturated rings. The van der Waals surface area contributed by atoms with Gasteiger partial charge in [0.05, 0.1) is 32.0 Å². The number of morpholine rings is 1. The van der Waals surface area contributed by atoms with Gasteiger partial charge in [-0.25, -0.2) is 4.39 Å². The molecule has 2 aliphatic heterocycles. The van der Waals surface area contributed by atoms with Gasteiger partial charge in [0.15, 0.2) is 0 Å². The molecular weight excluding hydrogens is 313 g/mol. The molecule has 0 bridgehead atoms. The zero-order valence-electron chi connectivity index (χ0n) is 13.6. The van der Waals surface area contributed by atoms with Gasteiger partial charge in [-0.2, -0.15) is 5.26 Å². The van der Waals surface area contributed by atoms with Gasteiger partial charge in [-0.3, -0.25) is 9.69 Å². The largest absolute Gasteiger partial charge is 0.496 e. The third kappa shape index (κ3) is 2.95. The Kier molecular flexibility index (Phi) is 4.97. The van der Waals surface area contributed by atoms with Crippen LogP contribution in [0.15, 0.2) is 12.1 Å². The van der Waals surface area contributed by atoms with Crippen molar-refractivity contribution in [1.29, 1.82) is 5.26 Å². The summed E-state index contributed by atoms with van der Waals surface area (Å²) >= 11 is 0. The molecule has 1 aromatic rings. The summed E-state index contributed by atoms with van der Waals surface area (Å²) in [7, 11) is 1.43. The number of hydrogen-bond donors (Lipinski definition) is 0. The third-order valence-corrected chi connectivity index (χ3v) is 4.53. The van der Waals surface area contributed by atoms with E-state index in [9.17, 15) is 14.4 Å². The minimum atomic E-state index is -0.896. The second-order valence-electron chi connectivity index (χ2n) is 5.88. The molecule has 1 unspecified atom stereocenters. The molecule has 2 heterocycles. The molecule has 0 N–H and O–H groups in total. The molecule has 7 heteroatoms. The minimum absolute atomic E-state index is 0.133. The van der Waals surface area contributed by atoms with E-state index in [1.54, 1.807) is 0 Å². The fourth-order valence-electron chi connectivity index (χ4n) is 3.30. The van der Waals surface area contributed by atoms with Gasteiger partial charge in [0.25, 0.3) is 5.91 Å². The van der Waals surface area contributed by atoms with Crippen molar-refractivity contribution in [3.05, 3.63) is 29.1 Å². The summed E-state index contributed by atoms with van der Waals surface area (Å²) in [6.07, 6.45) is 0.724. The second kappa shape index (κ2) is 7.16. The zero-order chi connectivity index (χ0) is 17.1. The first-order chi connectivity index (χ1) is 11.7. The average molecular weight is 333 g/mol. The number of amides is 1. The van der Waals surface area contributed by atoms with Crippen molar-refractivity contribution in [3.63, 3.8) is 0 Å². The summed E-state index contributed by atoms with van der Waals surface area (Å²) in [6, 6.07) is 3.83. The van der Waals surface area contributed by atoms with Crippen LogP contribution in [0.25, 0.3) is 0 Å². The highest BCUT2D eigenvalue weighted by molar-refractivity contribution is 6.02. The summed E-state index contributed by atoms with van der Waals surface area (Å²) in [6.45, 7) is 4.41. The molecule has 1 atom stereocenters. The van der Waals surface area contributed by atoms with Crippen LogP contribution in [0, 0.1) is 17.1 Å². The van der Waals surface area contributed by atoms with Gasteiger partial charge in [-0.15, -0.1) is 0 Å². The smallest absolute Gasteiger partial charge is 0.259 e. The Labute approximate surface area is 140 Å². The van der Waals surface area contributed by atoms with Crippen LogP contribution in [0.2, 0.25) is 0 Å². The Morgan fingerprint density at radius 2 is 2.12 bits per heavy atom. The molecule has 1 aromatic carbocycles. The molecule has 0 aromatic heterocycles. The molecule has 0 spiro atoms. The second-order valence-corrected chi connectivity index (χ2v) is 5.88. The zero-order valence-corrected chi connectivity index (χ0v) is 13.6. The number of nitrogens with zero attached hydrogens (tertiary/aromatic N) is 3. The van der Waals surface area contributed by atoms with E-state index >= 15 is 0 Å². The highest BCUT2D eigenvalue weighted by Crippen LogP contribution is 2.39. The first-order valence-electron chi connectivity index (χ1n) is 8.04. The first-order valence-corrected chi connectivity index (χ1v) is 8.04. The number of benzene rings is 1. The van der Waals surface area contributed by atoms with E-state index in [0.717, 1.165) is 39.3 Å². The number of ether oxygens (including phenoxy) is 2. The fourth-order valence-corrected chi connectivity index (χ4v) is 3.30. The van der Waals surface area contributed by atoms with Crippen LogP contribution in [0.4, 0.5) is 4.39 Å². The number of halogens is 1. The molecule has 24 heavy (non-hydrogen) atoms. The summed E-state index contributed by atoms with van der Waals surface area (Å²) < 4.78 is 24.7. The SMILES string of the molecule is COc1ccc(F)c2c1C(=O)N(CCCN1CCOCC1)C2C#N. The number of fused-ring (bicyclic) bond motifs is 1. The van der Waals surface area contributed by atoms with E-state index < -0.39 is 11.9 Å². The highest BCUT2D eigenvalue weighted by atomic mass is 19.1. The summed E-state index contributed by atoms with van der Waals surface area (Å²) in [5, 5.41) is 9.46. The van der Waals surface area contributed by atoms with Crippen molar-refractivity contribution in [2.24, 2.45) is 0 Å². The van der Waals surface area contributed by atoms with Crippen LogP contribution < -0.4 is 4.74 Å². The standard InChI is InChI=1S/C17H20FN3O3/c1-23-14-4-3-12(18)15-13(11-19)21(17(22)16(14)15)6-2-5-20-7-9-24-10-8-20/h3-4,13H,2,5-10H2,1H3. The molecule has 3 rings (SSSR count). The van der Waals surface area contributed by atoms with Gasteiger partial charge < -0.3 is 14.4 Å². The van der Waals surface area contributed by atoms with E-state index in [2.05, 4.69) is 11.0 Å². The predicted molar refractivity (Wildman–Crippen MR) is 84.2 cm³/mol. The summed E-state index contributed by atoms with van der Waals surface area (Å²) in [5.41, 5.74) is 0.309. The van der Waals surface area contributed by atoms with Crippen molar-refractivity contribution >= 4 is 5.91 Å². The number of hydrogen-bond acceptors (Lipinski definition) is 5. The van der Waals surface area contributed by atoms with Gasteiger partial charge in [-0.1, -0.05) is 0 Å². The van der Waals surface area contributed by atoms with Gasteiger partial charge in [0.1, 0.15) is 17.6 Å². The van der Waals surface area contributed by atoms with Crippen LogP contribution in [-0.4, -0.2) is 62.2 Å². The van der Waals surface area contributed by atoms with Gasteiger partial charge in [-0.05, 0) is 18.6 Å². The Hall–Kier alpha value is -2.17. The van der Waals surface area contributed by atoms with Crippen molar-refractivity contribution < 1.29 is 18.7 Å². The molecule has 0 saturated carbocycles. The maximum atomic E-state index is 14.2. The predicted octanol–water partition coefficient (Wildman–Crippen LogP) is 1.58. The lowest BCUT2D eigenvalue weighted by Crippen LogP contribution is -2.38. The van der Waals surface area contributed by atoms with E-state index in [4.69, 9.17) is 9.47 Å². The third-order valence-electron chi connectivity index (χ3n) is 4.53. The van der Waals surface area contributed by atoms with Crippen LogP contribution in [0.1, 0.15) is 28.4 Å². The molecule has 1 amide bonds. The van der Waals surface area contributed by atoms with E-state index in [1.165, 1.54) is 24.1 Å². The molecular formula is C17H20FN3O3. The molecule has 0 radical (unpaired) electrons. The topological polar surface area (TPSA) is 65.8 Å². The molecule has 1 saturated heterocycles. The monoisotopic (exact) mass is 333 g/mol. The Balaban J connectivity index is 1.74. The van der Waals surface area contributed by atoms with Crippen LogP contribution in [0.5, 0.6) is 5.75 Å². The molecule has 6 nitrogen and oxygen atoms in total. The summed E-state index contributed by atoms with van der Waals surface area (Å²) in [5.74, 6) is -0.566. The van der Waals surface area contributed by atoms with E-state index in [-0.39, 0.29) is 17.0 Å². The number of rotatable bonds is 5. The average Bonchev–Trinajstić information content (AvgIpc) is 2.90. The normalized spacial score (nSPS) is 20.8. The quantitative estimate of drug-likeness (QED) is 0.818. The molecule has 0 aliphatic carbocycles. The lowest BCUT2D eigenvalue weighted by Gasteiger charge is -2.27. The first kappa shape index (κ1) is 16.7. The van der Waals surface area contributed by atoms with E-state index in [1.807, 2.05) is 0 Å². The van der Waals surface area contributed by atoms with Gasteiger partial charge >= 0.3 is 0 Å². The molecule has 2 aliphatic rings. The number of methoxy groups -OCH3 is 1. The van der Waals surface area contributed by atoms with Crippen molar-refractivity contribution in [1.82, 2.24) is 9.80 Å². The number of nitriles is 1. The van der Waals surface area contributed by atoms with E-state index in [0.29, 0.717) is 12.3 Å². The summed E-state index contributed by atoms with van der Waals surface area (Å²) in [4.78, 5) is 16.4.